The van der Waals surface area contributed by atoms with Crippen LogP contribution in [0.3, 0.4) is 0 Å². The number of hydrogen-bond donors (Lipinski definition) is 1. The first-order valence-corrected chi connectivity index (χ1v) is 4.97. The van der Waals surface area contributed by atoms with Crippen LogP contribution in [0.25, 0.3) is 0 Å². The smallest absolute Gasteiger partial charge is 0.109 e. The van der Waals surface area contributed by atoms with Crippen molar-refractivity contribution in [3.05, 3.63) is 16.6 Å². The van der Waals surface area contributed by atoms with E-state index in [1.807, 2.05) is 11.6 Å². The molecule has 1 atom stereocenters. The molecule has 0 amide bonds. The van der Waals surface area contributed by atoms with Gasteiger partial charge in [-0.25, -0.2) is 4.98 Å². The quantitative estimate of drug-likeness (QED) is 0.693. The number of aromatic nitrogens is 1. The molecule has 1 N–H and O–H groups in total. The summed E-state index contributed by atoms with van der Waals surface area (Å²) in [6.45, 7) is 1.16. The zero-order valence-corrected chi connectivity index (χ0v) is 7.23. The Morgan fingerprint density at radius 1 is 1.55 bits per heavy atom. The van der Waals surface area contributed by atoms with Crippen molar-refractivity contribution in [1.82, 2.24) is 10.3 Å². The SMILES string of the molecule is c1csc([C@H]2CCCCN2)n1. The van der Waals surface area contributed by atoms with Crippen LogP contribution in [0.5, 0.6) is 0 Å². The van der Waals surface area contributed by atoms with Gasteiger partial charge in [-0.2, -0.15) is 0 Å². The summed E-state index contributed by atoms with van der Waals surface area (Å²) >= 11 is 1.76. The highest BCUT2D eigenvalue weighted by molar-refractivity contribution is 7.09. The number of nitrogens with one attached hydrogen (secondary N) is 1. The Morgan fingerprint density at radius 3 is 3.18 bits per heavy atom. The number of hydrogen-bond acceptors (Lipinski definition) is 3. The van der Waals surface area contributed by atoms with Gasteiger partial charge in [0.15, 0.2) is 0 Å². The summed E-state index contributed by atoms with van der Waals surface area (Å²) in [6.07, 6.45) is 5.81. The monoisotopic (exact) mass is 168 g/mol. The third-order valence-corrected chi connectivity index (χ3v) is 2.95. The van der Waals surface area contributed by atoms with E-state index in [-0.39, 0.29) is 0 Å². The number of rotatable bonds is 1. The molecule has 0 aliphatic carbocycles. The lowest BCUT2D eigenvalue weighted by Gasteiger charge is -2.20. The van der Waals surface area contributed by atoms with E-state index in [2.05, 4.69) is 10.3 Å². The lowest BCUT2D eigenvalue weighted by molar-refractivity contribution is 0.411. The standard InChI is InChI=1S/C8H12N2S/c1-2-4-9-7(3-1)8-10-5-6-11-8/h5-7,9H,1-4H2/t7-/m1/s1. The summed E-state index contributed by atoms with van der Waals surface area (Å²) in [5, 5.41) is 6.77. The van der Waals surface area contributed by atoms with Crippen LogP contribution in [0.1, 0.15) is 30.3 Å². The van der Waals surface area contributed by atoms with Crippen molar-refractivity contribution in [2.75, 3.05) is 6.54 Å². The second kappa shape index (κ2) is 3.32. The van der Waals surface area contributed by atoms with E-state index in [1.54, 1.807) is 11.3 Å². The molecule has 1 saturated heterocycles. The number of piperidine rings is 1. The molecule has 11 heavy (non-hydrogen) atoms. The molecule has 1 aliphatic rings. The van der Waals surface area contributed by atoms with E-state index in [4.69, 9.17) is 0 Å². The van der Waals surface area contributed by atoms with Gasteiger partial charge in [0.05, 0.1) is 6.04 Å². The van der Waals surface area contributed by atoms with Crippen LogP contribution < -0.4 is 5.32 Å². The average Bonchev–Trinajstić information content (AvgIpc) is 2.58. The van der Waals surface area contributed by atoms with Gasteiger partial charge in [-0.1, -0.05) is 6.42 Å². The number of nitrogens with zero attached hydrogens (tertiary/aromatic N) is 1. The third kappa shape index (κ3) is 1.60. The highest BCUT2D eigenvalue weighted by Crippen LogP contribution is 2.23. The highest BCUT2D eigenvalue weighted by Gasteiger charge is 2.15. The van der Waals surface area contributed by atoms with Gasteiger partial charge < -0.3 is 5.32 Å². The summed E-state index contributed by atoms with van der Waals surface area (Å²) in [6, 6.07) is 0.545. The lowest BCUT2D eigenvalue weighted by Crippen LogP contribution is -2.26. The maximum Gasteiger partial charge on any atom is 0.109 e. The van der Waals surface area contributed by atoms with E-state index >= 15 is 0 Å². The zero-order valence-electron chi connectivity index (χ0n) is 6.42. The summed E-state index contributed by atoms with van der Waals surface area (Å²) < 4.78 is 0. The van der Waals surface area contributed by atoms with E-state index < -0.39 is 0 Å². The molecule has 1 aromatic rings. The summed E-state index contributed by atoms with van der Waals surface area (Å²) in [4.78, 5) is 4.30. The topological polar surface area (TPSA) is 24.9 Å². The van der Waals surface area contributed by atoms with Crippen molar-refractivity contribution in [1.29, 1.82) is 0 Å². The Bertz CT molecular complexity index is 202. The van der Waals surface area contributed by atoms with Gasteiger partial charge in [0, 0.05) is 11.6 Å². The van der Waals surface area contributed by atoms with Gasteiger partial charge in [0.1, 0.15) is 5.01 Å². The number of thiazole rings is 1. The molecule has 0 radical (unpaired) electrons. The predicted molar refractivity (Wildman–Crippen MR) is 46.7 cm³/mol. The molecule has 2 nitrogen and oxygen atoms in total. The van der Waals surface area contributed by atoms with E-state index in [1.165, 1.54) is 24.3 Å². The third-order valence-electron chi connectivity index (χ3n) is 2.06. The fourth-order valence-electron chi connectivity index (χ4n) is 1.47. The zero-order chi connectivity index (χ0) is 7.52. The minimum absolute atomic E-state index is 0.545. The van der Waals surface area contributed by atoms with Crippen LogP contribution in [0.15, 0.2) is 11.6 Å². The molecule has 0 aromatic carbocycles. The molecular formula is C8H12N2S. The molecule has 2 heterocycles. The van der Waals surface area contributed by atoms with Crippen molar-refractivity contribution in [2.24, 2.45) is 0 Å². The molecule has 0 spiro atoms. The highest BCUT2D eigenvalue weighted by atomic mass is 32.1. The second-order valence-electron chi connectivity index (χ2n) is 2.87. The molecule has 0 saturated carbocycles. The van der Waals surface area contributed by atoms with Crippen molar-refractivity contribution < 1.29 is 0 Å². The first-order valence-electron chi connectivity index (χ1n) is 4.09. The fraction of sp³-hybridized carbons (Fsp3) is 0.625. The van der Waals surface area contributed by atoms with Crippen LogP contribution in [0.4, 0.5) is 0 Å². The van der Waals surface area contributed by atoms with Crippen LogP contribution in [0, 0.1) is 0 Å². The van der Waals surface area contributed by atoms with Gasteiger partial charge in [-0.3, -0.25) is 0 Å². The van der Waals surface area contributed by atoms with Crippen LogP contribution in [0.2, 0.25) is 0 Å². The fourth-order valence-corrected chi connectivity index (χ4v) is 2.22. The molecule has 1 aromatic heterocycles. The summed E-state index contributed by atoms with van der Waals surface area (Å²) in [7, 11) is 0. The molecule has 2 rings (SSSR count). The van der Waals surface area contributed by atoms with E-state index in [9.17, 15) is 0 Å². The molecule has 0 bridgehead atoms. The lowest BCUT2D eigenvalue weighted by atomic mass is 10.1. The minimum atomic E-state index is 0.545. The molecule has 1 fully saturated rings. The molecule has 0 unspecified atom stereocenters. The van der Waals surface area contributed by atoms with E-state index in [0.717, 1.165) is 6.54 Å². The second-order valence-corrected chi connectivity index (χ2v) is 3.80. The molecule has 1 aliphatic heterocycles. The molecule has 60 valence electrons. The first kappa shape index (κ1) is 7.25. The largest absolute Gasteiger partial charge is 0.308 e. The van der Waals surface area contributed by atoms with Gasteiger partial charge >= 0.3 is 0 Å². The van der Waals surface area contributed by atoms with Crippen LogP contribution in [-0.4, -0.2) is 11.5 Å². The normalized spacial score (nSPS) is 25.3. The maximum atomic E-state index is 4.30. The molecular weight excluding hydrogens is 156 g/mol. The first-order chi connectivity index (χ1) is 5.47. The van der Waals surface area contributed by atoms with Crippen molar-refractivity contribution in [2.45, 2.75) is 25.3 Å². The van der Waals surface area contributed by atoms with Crippen LogP contribution >= 0.6 is 11.3 Å². The van der Waals surface area contributed by atoms with Gasteiger partial charge in [0.2, 0.25) is 0 Å². The van der Waals surface area contributed by atoms with Gasteiger partial charge in [-0.05, 0) is 19.4 Å². The van der Waals surface area contributed by atoms with Gasteiger partial charge in [0.25, 0.3) is 0 Å². The Morgan fingerprint density at radius 2 is 2.55 bits per heavy atom. The van der Waals surface area contributed by atoms with Gasteiger partial charge in [-0.15, -0.1) is 11.3 Å². The Kier molecular flexibility index (Phi) is 2.19. The Balaban J connectivity index is 2.04. The predicted octanol–water partition coefficient (Wildman–Crippen LogP) is 1.96. The molecule has 3 heteroatoms. The average molecular weight is 168 g/mol. The van der Waals surface area contributed by atoms with Crippen molar-refractivity contribution in [3.8, 4) is 0 Å². The van der Waals surface area contributed by atoms with E-state index in [0.29, 0.717) is 6.04 Å². The summed E-state index contributed by atoms with van der Waals surface area (Å²) in [5.41, 5.74) is 0. The Labute approximate surface area is 70.7 Å². The Hall–Kier alpha value is -0.410. The van der Waals surface area contributed by atoms with Crippen molar-refractivity contribution >= 4 is 11.3 Å². The van der Waals surface area contributed by atoms with Crippen LogP contribution in [-0.2, 0) is 0 Å². The maximum absolute atomic E-state index is 4.30. The minimum Gasteiger partial charge on any atom is -0.308 e. The van der Waals surface area contributed by atoms with Crippen molar-refractivity contribution in [3.63, 3.8) is 0 Å². The summed E-state index contributed by atoms with van der Waals surface area (Å²) in [5.74, 6) is 0.